The SMILES string of the molecule is CC(C)(CO)NS(=O)(=O)c1ccc(OC(F)(F)F)cc1. The Morgan fingerprint density at radius 1 is 1.20 bits per heavy atom. The Labute approximate surface area is 114 Å². The van der Waals surface area contributed by atoms with Gasteiger partial charge in [0.15, 0.2) is 0 Å². The van der Waals surface area contributed by atoms with Gasteiger partial charge in [0, 0.05) is 0 Å². The number of halogens is 3. The molecular weight excluding hydrogens is 299 g/mol. The van der Waals surface area contributed by atoms with Gasteiger partial charge in [-0.2, -0.15) is 0 Å². The van der Waals surface area contributed by atoms with E-state index in [2.05, 4.69) is 9.46 Å². The Morgan fingerprint density at radius 2 is 1.70 bits per heavy atom. The zero-order chi connectivity index (χ0) is 15.6. The van der Waals surface area contributed by atoms with Gasteiger partial charge >= 0.3 is 6.36 Å². The summed E-state index contributed by atoms with van der Waals surface area (Å²) >= 11 is 0. The first kappa shape index (κ1) is 16.7. The molecule has 2 N–H and O–H groups in total. The maximum Gasteiger partial charge on any atom is 0.573 e. The van der Waals surface area contributed by atoms with Crippen LogP contribution in [0.3, 0.4) is 0 Å². The van der Waals surface area contributed by atoms with Crippen molar-refractivity contribution in [2.45, 2.75) is 30.6 Å². The second-order valence-electron chi connectivity index (χ2n) is 4.67. The predicted octanol–water partition coefficient (Wildman–Crippen LogP) is 1.63. The van der Waals surface area contributed by atoms with Gasteiger partial charge in [0.1, 0.15) is 5.75 Å². The summed E-state index contributed by atoms with van der Waals surface area (Å²) in [7, 11) is -3.94. The number of aliphatic hydroxyl groups is 1. The van der Waals surface area contributed by atoms with Gasteiger partial charge in [-0.15, -0.1) is 13.2 Å². The molecule has 0 saturated heterocycles. The topological polar surface area (TPSA) is 75.6 Å². The maximum absolute atomic E-state index is 12.0. The molecule has 0 bridgehead atoms. The van der Waals surface area contributed by atoms with E-state index in [0.717, 1.165) is 24.3 Å². The Bertz CT molecular complexity index is 552. The third-order valence-corrected chi connectivity index (χ3v) is 3.89. The van der Waals surface area contributed by atoms with Crippen LogP contribution in [-0.4, -0.2) is 32.0 Å². The van der Waals surface area contributed by atoms with Crippen molar-refractivity contribution in [2.75, 3.05) is 6.61 Å². The first-order valence-electron chi connectivity index (χ1n) is 5.46. The zero-order valence-corrected chi connectivity index (χ0v) is 11.5. The van der Waals surface area contributed by atoms with Crippen molar-refractivity contribution >= 4 is 10.0 Å². The van der Waals surface area contributed by atoms with Crippen molar-refractivity contribution in [1.29, 1.82) is 0 Å². The summed E-state index contributed by atoms with van der Waals surface area (Å²) < 4.78 is 65.6. The molecule has 1 aromatic carbocycles. The highest BCUT2D eigenvalue weighted by Gasteiger charge is 2.31. The summed E-state index contributed by atoms with van der Waals surface area (Å²) in [6, 6.07) is 3.76. The Morgan fingerprint density at radius 3 is 2.10 bits per heavy atom. The summed E-state index contributed by atoms with van der Waals surface area (Å²) in [5, 5.41) is 9.00. The number of hydrogen-bond acceptors (Lipinski definition) is 4. The fourth-order valence-electron chi connectivity index (χ4n) is 1.28. The molecule has 0 amide bonds. The molecule has 1 rings (SSSR count). The lowest BCUT2D eigenvalue weighted by molar-refractivity contribution is -0.274. The van der Waals surface area contributed by atoms with E-state index in [0.29, 0.717) is 0 Å². The highest BCUT2D eigenvalue weighted by atomic mass is 32.2. The average molecular weight is 313 g/mol. The number of sulfonamides is 1. The monoisotopic (exact) mass is 313 g/mol. The van der Waals surface area contributed by atoms with Gasteiger partial charge in [0.05, 0.1) is 17.0 Å². The number of nitrogens with one attached hydrogen (secondary N) is 1. The van der Waals surface area contributed by atoms with E-state index < -0.39 is 34.3 Å². The first-order chi connectivity index (χ1) is 8.95. The van der Waals surface area contributed by atoms with E-state index in [-0.39, 0.29) is 4.90 Å². The summed E-state index contributed by atoms with van der Waals surface area (Å²) in [5.74, 6) is -0.516. The lowest BCUT2D eigenvalue weighted by Gasteiger charge is -2.23. The summed E-state index contributed by atoms with van der Waals surface area (Å²) in [5.41, 5.74) is -1.08. The lowest BCUT2D eigenvalue weighted by atomic mass is 10.1. The van der Waals surface area contributed by atoms with Crippen LogP contribution in [0, 0.1) is 0 Å². The number of benzene rings is 1. The predicted molar refractivity (Wildman–Crippen MR) is 64.6 cm³/mol. The van der Waals surface area contributed by atoms with Gasteiger partial charge in [-0.25, -0.2) is 13.1 Å². The van der Waals surface area contributed by atoms with E-state index in [4.69, 9.17) is 5.11 Å². The molecule has 0 heterocycles. The van der Waals surface area contributed by atoms with E-state index in [1.165, 1.54) is 13.8 Å². The van der Waals surface area contributed by atoms with Crippen LogP contribution in [0.4, 0.5) is 13.2 Å². The minimum atomic E-state index is -4.84. The van der Waals surface area contributed by atoms with Gasteiger partial charge in [-0.1, -0.05) is 0 Å². The van der Waals surface area contributed by atoms with Crippen LogP contribution in [0.2, 0.25) is 0 Å². The molecule has 0 aliphatic rings. The van der Waals surface area contributed by atoms with Crippen molar-refractivity contribution in [2.24, 2.45) is 0 Å². The lowest BCUT2D eigenvalue weighted by Crippen LogP contribution is -2.46. The number of alkyl halides is 3. The quantitative estimate of drug-likeness (QED) is 0.866. The molecule has 0 fully saturated rings. The molecule has 114 valence electrons. The van der Waals surface area contributed by atoms with Crippen molar-refractivity contribution in [1.82, 2.24) is 4.72 Å². The maximum atomic E-state index is 12.0. The highest BCUT2D eigenvalue weighted by molar-refractivity contribution is 7.89. The van der Waals surface area contributed by atoms with Crippen molar-refractivity contribution in [3.8, 4) is 5.75 Å². The molecule has 0 aliphatic carbocycles. The van der Waals surface area contributed by atoms with Gasteiger partial charge in [0.2, 0.25) is 10.0 Å². The van der Waals surface area contributed by atoms with Gasteiger partial charge in [-0.3, -0.25) is 0 Å². The third kappa shape index (κ3) is 4.99. The Kier molecular flexibility index (Phi) is 4.67. The normalized spacial score (nSPS) is 13.3. The largest absolute Gasteiger partial charge is 0.573 e. The zero-order valence-electron chi connectivity index (χ0n) is 10.7. The van der Waals surface area contributed by atoms with Crippen LogP contribution in [0.5, 0.6) is 5.75 Å². The second kappa shape index (κ2) is 5.58. The first-order valence-corrected chi connectivity index (χ1v) is 6.94. The van der Waals surface area contributed by atoms with Gasteiger partial charge in [-0.05, 0) is 38.1 Å². The Balaban J connectivity index is 2.93. The molecular formula is C11H14F3NO4S. The van der Waals surface area contributed by atoms with Crippen LogP contribution in [0.25, 0.3) is 0 Å². The minimum absolute atomic E-state index is 0.228. The molecule has 5 nitrogen and oxygen atoms in total. The van der Waals surface area contributed by atoms with Crippen LogP contribution in [-0.2, 0) is 10.0 Å². The van der Waals surface area contributed by atoms with Crippen molar-refractivity contribution < 1.29 is 31.4 Å². The Hall–Kier alpha value is -1.32. The van der Waals surface area contributed by atoms with E-state index >= 15 is 0 Å². The van der Waals surface area contributed by atoms with Gasteiger partial charge < -0.3 is 9.84 Å². The molecule has 0 aliphatic heterocycles. The van der Waals surface area contributed by atoms with E-state index in [1.807, 2.05) is 0 Å². The average Bonchev–Trinajstić information content (AvgIpc) is 2.26. The van der Waals surface area contributed by atoms with Crippen LogP contribution in [0.15, 0.2) is 29.2 Å². The van der Waals surface area contributed by atoms with Crippen LogP contribution < -0.4 is 9.46 Å². The molecule has 0 unspecified atom stereocenters. The summed E-state index contributed by atoms with van der Waals surface area (Å²) in [4.78, 5) is -0.228. The fraction of sp³-hybridized carbons (Fsp3) is 0.455. The fourth-order valence-corrected chi connectivity index (χ4v) is 2.68. The van der Waals surface area contributed by atoms with Crippen molar-refractivity contribution in [3.05, 3.63) is 24.3 Å². The minimum Gasteiger partial charge on any atom is -0.406 e. The van der Waals surface area contributed by atoms with Crippen LogP contribution in [0.1, 0.15) is 13.8 Å². The smallest absolute Gasteiger partial charge is 0.406 e. The van der Waals surface area contributed by atoms with Gasteiger partial charge in [0.25, 0.3) is 0 Å². The highest BCUT2D eigenvalue weighted by Crippen LogP contribution is 2.24. The molecule has 9 heteroatoms. The second-order valence-corrected chi connectivity index (χ2v) is 6.35. The molecule has 0 saturated carbocycles. The summed E-state index contributed by atoms with van der Waals surface area (Å²) in [6.45, 7) is 2.50. The standard InChI is InChI=1S/C11H14F3NO4S/c1-10(2,7-16)15-20(17,18)9-5-3-8(4-6-9)19-11(12,13)14/h3-6,15-16H,7H2,1-2H3. The molecule has 20 heavy (non-hydrogen) atoms. The number of rotatable bonds is 5. The molecule has 0 radical (unpaired) electrons. The van der Waals surface area contributed by atoms with Crippen molar-refractivity contribution in [3.63, 3.8) is 0 Å². The third-order valence-electron chi connectivity index (χ3n) is 2.17. The number of aliphatic hydroxyl groups excluding tert-OH is 1. The van der Waals surface area contributed by atoms with E-state index in [1.54, 1.807) is 0 Å². The summed E-state index contributed by atoms with van der Waals surface area (Å²) in [6.07, 6.45) is -4.84. The molecule has 0 spiro atoms. The number of ether oxygens (including phenoxy) is 1. The molecule has 0 atom stereocenters. The number of hydrogen-bond donors (Lipinski definition) is 2. The van der Waals surface area contributed by atoms with Crippen LogP contribution >= 0.6 is 0 Å². The van der Waals surface area contributed by atoms with E-state index in [9.17, 15) is 21.6 Å². The molecule has 0 aromatic heterocycles. The molecule has 1 aromatic rings.